The van der Waals surface area contributed by atoms with E-state index < -0.39 is 87.5 Å². The van der Waals surface area contributed by atoms with Crippen molar-refractivity contribution in [1.82, 2.24) is 9.57 Å². The van der Waals surface area contributed by atoms with Gasteiger partial charge in [-0.2, -0.15) is 5.26 Å². The highest BCUT2D eigenvalue weighted by Gasteiger charge is 2.54. The Bertz CT molecular complexity index is 3510. The summed E-state index contributed by atoms with van der Waals surface area (Å²) in [5, 5.41) is 9.53. The van der Waals surface area contributed by atoms with E-state index in [-0.39, 0.29) is 85.9 Å². The maximum Gasteiger partial charge on any atom is 0.338 e. The highest BCUT2D eigenvalue weighted by Crippen LogP contribution is 2.49. The number of ether oxygens (including phenoxy) is 9. The molecule has 2 aliphatic rings. The molecule has 0 aliphatic carbocycles. The number of hydrogen-bond acceptors (Lipinski definition) is 18. The van der Waals surface area contributed by atoms with Gasteiger partial charge in [0.1, 0.15) is 29.8 Å². The largest absolute Gasteiger partial charge is 0.497 e. The van der Waals surface area contributed by atoms with Crippen LogP contribution >= 0.6 is 8.53 Å². The molecule has 0 spiro atoms. The van der Waals surface area contributed by atoms with Gasteiger partial charge in [-0.05, 0) is 136 Å². The summed E-state index contributed by atoms with van der Waals surface area (Å²) < 4.78 is 71.9. The molecule has 94 heavy (non-hydrogen) atoms. The van der Waals surface area contributed by atoms with E-state index in [1.54, 1.807) is 123 Å². The van der Waals surface area contributed by atoms with Crippen LogP contribution in [0.3, 0.4) is 0 Å². The lowest BCUT2D eigenvalue weighted by molar-refractivity contribution is -0.298. The van der Waals surface area contributed by atoms with Crippen LogP contribution in [0, 0.1) is 11.3 Å². The number of amides is 1. The first-order valence-electron chi connectivity index (χ1n) is 31.5. The third kappa shape index (κ3) is 17.9. The molecule has 19 nitrogen and oxygen atoms in total. The summed E-state index contributed by atoms with van der Waals surface area (Å²) in [5.74, 6) is -2.09. The monoisotopic (exact) mass is 1300 g/mol. The Labute approximate surface area is 550 Å². The standard InChI is InChI=1S/C74H80N3O16P/c1-51(2)77(52(3)4)94(88-46-24-44-75)93-63-47-60(49-87-74(57-33-20-11-21-34-57,58-36-40-61(83-5)41-37-58)59-38-42-62(84-6)43-39-59)76(48-63)65(78)35-22-23-45-85-73-68(92-72(82)56-31-18-10-19-32-56)67(91-71(81)55-29-16-9-17-30-55)66(90-70(80)54-27-14-8-15-28-54)64(89-73)50-86-69(79)53-25-12-7-13-26-53/h7-21,25-34,36-43,51-52,60,63-64,66-68,73H,22-24,35,45-50H2,1-6H3/t60-,63+,64?,66-,67-,68?,73+,94?/m0/s1. The first-order chi connectivity index (χ1) is 45.7. The van der Waals surface area contributed by atoms with E-state index in [4.69, 9.17) is 51.7 Å². The minimum Gasteiger partial charge on any atom is -0.497 e. The number of methoxy groups -OCH3 is 2. The molecule has 0 saturated carbocycles. The second kappa shape index (κ2) is 34.4. The Balaban J connectivity index is 1.01. The number of esters is 4. The molecule has 2 fully saturated rings. The molecule has 0 aromatic heterocycles. The lowest BCUT2D eigenvalue weighted by atomic mass is 9.80. The number of carbonyl (C=O) groups excluding carboxylic acids is 5. The molecule has 1 amide bonds. The summed E-state index contributed by atoms with van der Waals surface area (Å²) in [7, 11) is 1.53. The van der Waals surface area contributed by atoms with Gasteiger partial charge in [-0.25, -0.2) is 23.8 Å². The number of hydrogen-bond donors (Lipinski definition) is 0. The number of nitrogens with zero attached hydrogens (tertiary/aromatic N) is 3. The van der Waals surface area contributed by atoms with Crippen molar-refractivity contribution in [3.63, 3.8) is 0 Å². The van der Waals surface area contributed by atoms with Crippen molar-refractivity contribution in [2.75, 3.05) is 47.2 Å². The van der Waals surface area contributed by atoms with Crippen LogP contribution in [0.25, 0.3) is 0 Å². The fraction of sp³-hybridized carbons (Fsp3) is 0.351. The number of benzene rings is 7. The number of likely N-dealkylation sites (tertiary alicyclic amines) is 1. The van der Waals surface area contributed by atoms with Gasteiger partial charge in [0.2, 0.25) is 5.91 Å². The first-order valence-corrected chi connectivity index (χ1v) is 32.6. The molecule has 2 heterocycles. The zero-order valence-electron chi connectivity index (χ0n) is 53.6. The third-order valence-electron chi connectivity index (χ3n) is 16.1. The van der Waals surface area contributed by atoms with E-state index in [0.717, 1.165) is 16.7 Å². The van der Waals surface area contributed by atoms with Crippen molar-refractivity contribution in [3.8, 4) is 17.6 Å². The second-order valence-corrected chi connectivity index (χ2v) is 24.5. The average Bonchev–Trinajstić information content (AvgIpc) is 0.905. The maximum absolute atomic E-state index is 15.1. The topological polar surface area (TPSA) is 217 Å². The summed E-state index contributed by atoms with van der Waals surface area (Å²) in [6.45, 7) is 8.08. The smallest absolute Gasteiger partial charge is 0.338 e. The molecule has 0 radical (unpaired) electrons. The Kier molecular flexibility index (Phi) is 25.4. The Morgan fingerprint density at radius 1 is 0.574 bits per heavy atom. The summed E-state index contributed by atoms with van der Waals surface area (Å²) in [6.07, 6.45) is -7.05. The van der Waals surface area contributed by atoms with Crippen LogP contribution in [0.1, 0.15) is 118 Å². The Morgan fingerprint density at radius 2 is 1.03 bits per heavy atom. The molecule has 7 aromatic rings. The predicted molar refractivity (Wildman–Crippen MR) is 351 cm³/mol. The van der Waals surface area contributed by atoms with E-state index in [1.807, 2.05) is 83.8 Å². The van der Waals surface area contributed by atoms with Crippen LogP contribution in [0.4, 0.5) is 0 Å². The Hall–Kier alpha value is -8.83. The van der Waals surface area contributed by atoms with Crippen molar-refractivity contribution < 1.29 is 75.7 Å². The molecular weight excluding hydrogens is 1220 g/mol. The lowest BCUT2D eigenvalue weighted by Gasteiger charge is -2.44. The van der Waals surface area contributed by atoms with Gasteiger partial charge >= 0.3 is 23.9 Å². The zero-order chi connectivity index (χ0) is 66.4. The second-order valence-electron chi connectivity index (χ2n) is 23.1. The van der Waals surface area contributed by atoms with E-state index in [1.165, 1.54) is 12.1 Å². The predicted octanol–water partition coefficient (Wildman–Crippen LogP) is 12.7. The van der Waals surface area contributed by atoms with Gasteiger partial charge in [0.05, 0.1) is 74.3 Å². The molecular formula is C74H80N3O16P. The highest BCUT2D eigenvalue weighted by atomic mass is 31.2. The van der Waals surface area contributed by atoms with Gasteiger partial charge in [0.25, 0.3) is 8.53 Å². The normalized spacial score (nSPS) is 19.0. The molecule has 7 aromatic carbocycles. The van der Waals surface area contributed by atoms with Gasteiger partial charge < -0.3 is 56.6 Å². The zero-order valence-corrected chi connectivity index (χ0v) is 54.5. The maximum atomic E-state index is 15.1. The van der Waals surface area contributed by atoms with E-state index in [2.05, 4.69) is 38.4 Å². The minimum absolute atomic E-state index is 0.0243. The molecule has 20 heteroatoms. The summed E-state index contributed by atoms with van der Waals surface area (Å²) >= 11 is 0. The molecule has 492 valence electrons. The van der Waals surface area contributed by atoms with Gasteiger partial charge in [0, 0.05) is 31.7 Å². The molecule has 9 rings (SSSR count). The van der Waals surface area contributed by atoms with Crippen molar-refractivity contribution >= 4 is 38.3 Å². The van der Waals surface area contributed by atoms with Crippen LogP contribution in [0.5, 0.6) is 11.5 Å². The molecule has 0 bridgehead atoms. The minimum atomic E-state index is -1.69. The average molecular weight is 1300 g/mol. The van der Waals surface area contributed by atoms with E-state index >= 15 is 4.79 Å². The lowest BCUT2D eigenvalue weighted by Crippen LogP contribution is -2.63. The van der Waals surface area contributed by atoms with E-state index in [9.17, 15) is 24.4 Å². The molecule has 8 atom stereocenters. The van der Waals surface area contributed by atoms with Crippen molar-refractivity contribution in [3.05, 3.63) is 239 Å². The number of unbranched alkanes of at least 4 members (excludes halogenated alkanes) is 1. The van der Waals surface area contributed by atoms with Crippen LogP contribution in [0.15, 0.2) is 200 Å². The van der Waals surface area contributed by atoms with Gasteiger partial charge in [0.15, 0.2) is 24.6 Å². The molecule has 2 aliphatic heterocycles. The van der Waals surface area contributed by atoms with Crippen LogP contribution in [0.2, 0.25) is 0 Å². The van der Waals surface area contributed by atoms with Gasteiger partial charge in [-0.3, -0.25) is 4.79 Å². The quantitative estimate of drug-likeness (QED) is 0.0130. The van der Waals surface area contributed by atoms with Gasteiger partial charge in [-0.1, -0.05) is 127 Å². The first kappa shape index (κ1) is 69.5. The summed E-state index contributed by atoms with van der Waals surface area (Å²) in [4.78, 5) is 73.1. The molecule has 3 unspecified atom stereocenters. The van der Waals surface area contributed by atoms with E-state index in [0.29, 0.717) is 24.3 Å². The Morgan fingerprint density at radius 3 is 1.51 bits per heavy atom. The van der Waals surface area contributed by atoms with Crippen LogP contribution < -0.4 is 9.47 Å². The van der Waals surface area contributed by atoms with Crippen LogP contribution in [-0.4, -0.2) is 141 Å². The number of rotatable bonds is 31. The fourth-order valence-electron chi connectivity index (χ4n) is 11.5. The van der Waals surface area contributed by atoms with Crippen molar-refractivity contribution in [2.45, 2.75) is 120 Å². The molecule has 0 N–H and O–H groups in total. The number of carbonyl (C=O) groups is 5. The summed E-state index contributed by atoms with van der Waals surface area (Å²) in [6, 6.07) is 59.7. The summed E-state index contributed by atoms with van der Waals surface area (Å²) in [5.41, 5.74) is 1.93. The highest BCUT2D eigenvalue weighted by molar-refractivity contribution is 7.44. The SMILES string of the molecule is COc1ccc(C(OC[C@@H]2C[C@@H](OP(OCCC#N)N(C(C)C)C(C)C)CN2C(=O)CCCCO[C@@H]2OC(COC(=O)c3ccccc3)[C@H](OC(=O)c3ccccc3)[C@H](OC(=O)c3ccccc3)C2OC(=O)c2ccccc2)(c2ccccc2)c2ccc(OC)cc2)cc1. The van der Waals surface area contributed by atoms with Gasteiger partial charge in [-0.15, -0.1) is 0 Å². The van der Waals surface area contributed by atoms with Crippen molar-refractivity contribution in [2.24, 2.45) is 0 Å². The third-order valence-corrected chi connectivity index (χ3v) is 18.3. The van der Waals surface area contributed by atoms with Crippen molar-refractivity contribution in [1.29, 1.82) is 5.26 Å². The molecule has 2 saturated heterocycles. The number of nitriles is 1. The fourth-order valence-corrected chi connectivity index (χ4v) is 13.2. The van der Waals surface area contributed by atoms with Crippen LogP contribution in [-0.2, 0) is 52.6 Å².